The van der Waals surface area contributed by atoms with Gasteiger partial charge in [0.05, 0.1) is 0 Å². The fourth-order valence-electron chi connectivity index (χ4n) is 1.82. The summed E-state index contributed by atoms with van der Waals surface area (Å²) in [5, 5.41) is 22.1. The van der Waals surface area contributed by atoms with Crippen molar-refractivity contribution in [3.8, 4) is 11.5 Å². The molecule has 0 aliphatic heterocycles. The fraction of sp³-hybridized carbons (Fsp3) is 0.200. The van der Waals surface area contributed by atoms with Crippen LogP contribution in [0.3, 0.4) is 0 Å². The Morgan fingerprint density at radius 1 is 1.05 bits per heavy atom. The number of rotatable bonds is 4. The summed E-state index contributed by atoms with van der Waals surface area (Å²) in [7, 11) is 0. The molecule has 0 amide bonds. The van der Waals surface area contributed by atoms with E-state index in [9.17, 15) is 10.2 Å². The Morgan fingerprint density at radius 2 is 1.74 bits per heavy atom. The van der Waals surface area contributed by atoms with E-state index in [2.05, 4.69) is 40.3 Å². The van der Waals surface area contributed by atoms with Crippen LogP contribution in [-0.4, -0.2) is 10.2 Å². The van der Waals surface area contributed by atoms with E-state index < -0.39 is 0 Å². The van der Waals surface area contributed by atoms with Gasteiger partial charge in [-0.3, -0.25) is 0 Å². The third-order valence-corrected chi connectivity index (χ3v) is 3.55. The molecule has 0 spiro atoms. The number of nitrogens with one attached hydrogen (secondary N) is 1. The zero-order valence-electron chi connectivity index (χ0n) is 10.6. The van der Waals surface area contributed by atoms with Crippen LogP contribution in [0.5, 0.6) is 11.5 Å². The average Bonchev–Trinajstić information content (AvgIpc) is 2.40. The molecule has 3 nitrogen and oxygen atoms in total. The first-order valence-electron chi connectivity index (χ1n) is 6.06. The molecule has 2 aromatic carbocycles. The Balaban J connectivity index is 1.98. The number of phenolic OH excluding ortho intramolecular Hbond substituents is 2. The first kappa shape index (κ1) is 13.9. The standard InChI is InChI=1S/C15H16BrNO2/c1-10(12-3-5-13(16)6-4-12)17-9-11-2-7-14(18)15(19)8-11/h2-8,10,17-19H,9H2,1H3/t10-/m1/s1. The molecule has 0 aliphatic rings. The lowest BCUT2D eigenvalue weighted by atomic mass is 10.1. The summed E-state index contributed by atoms with van der Waals surface area (Å²) < 4.78 is 1.06. The predicted molar refractivity (Wildman–Crippen MR) is 79.2 cm³/mol. The minimum Gasteiger partial charge on any atom is -0.504 e. The molecular weight excluding hydrogens is 306 g/mol. The fourth-order valence-corrected chi connectivity index (χ4v) is 2.08. The number of halogens is 1. The average molecular weight is 322 g/mol. The highest BCUT2D eigenvalue weighted by molar-refractivity contribution is 9.10. The third kappa shape index (κ3) is 3.72. The molecule has 0 heterocycles. The highest BCUT2D eigenvalue weighted by Gasteiger charge is 2.06. The monoisotopic (exact) mass is 321 g/mol. The van der Waals surface area contributed by atoms with Crippen LogP contribution in [0.4, 0.5) is 0 Å². The van der Waals surface area contributed by atoms with E-state index >= 15 is 0 Å². The molecule has 1 atom stereocenters. The molecule has 0 unspecified atom stereocenters. The number of hydrogen-bond acceptors (Lipinski definition) is 3. The van der Waals surface area contributed by atoms with Gasteiger partial charge in [-0.05, 0) is 42.3 Å². The first-order chi connectivity index (χ1) is 9.06. The lowest BCUT2D eigenvalue weighted by Crippen LogP contribution is -2.17. The quantitative estimate of drug-likeness (QED) is 0.752. The van der Waals surface area contributed by atoms with E-state index in [1.807, 2.05) is 12.1 Å². The molecule has 0 fully saturated rings. The van der Waals surface area contributed by atoms with Crippen LogP contribution in [0.2, 0.25) is 0 Å². The molecule has 100 valence electrons. The highest BCUT2D eigenvalue weighted by Crippen LogP contribution is 2.25. The van der Waals surface area contributed by atoms with Crippen LogP contribution >= 0.6 is 15.9 Å². The molecular formula is C15H16BrNO2. The second kappa shape index (κ2) is 6.08. The Kier molecular flexibility index (Phi) is 4.45. The Morgan fingerprint density at radius 3 is 2.37 bits per heavy atom. The minimum atomic E-state index is -0.0929. The summed E-state index contributed by atoms with van der Waals surface area (Å²) in [5.41, 5.74) is 2.13. The van der Waals surface area contributed by atoms with Gasteiger partial charge in [0.15, 0.2) is 11.5 Å². The number of phenols is 2. The van der Waals surface area contributed by atoms with E-state index in [4.69, 9.17) is 0 Å². The van der Waals surface area contributed by atoms with E-state index in [1.54, 1.807) is 12.1 Å². The number of hydrogen-bond donors (Lipinski definition) is 3. The Hall–Kier alpha value is -1.52. The molecule has 0 aromatic heterocycles. The van der Waals surface area contributed by atoms with Crippen LogP contribution in [0, 0.1) is 0 Å². The lowest BCUT2D eigenvalue weighted by molar-refractivity contribution is 0.402. The van der Waals surface area contributed by atoms with Gasteiger partial charge in [0.1, 0.15) is 0 Å². The van der Waals surface area contributed by atoms with Crippen molar-refractivity contribution in [2.45, 2.75) is 19.5 Å². The number of benzene rings is 2. The van der Waals surface area contributed by atoms with E-state index in [0.717, 1.165) is 10.0 Å². The largest absolute Gasteiger partial charge is 0.504 e. The van der Waals surface area contributed by atoms with Crippen molar-refractivity contribution in [3.05, 3.63) is 58.1 Å². The van der Waals surface area contributed by atoms with Crippen LogP contribution < -0.4 is 5.32 Å². The summed E-state index contributed by atoms with van der Waals surface area (Å²) in [6.07, 6.45) is 0. The van der Waals surface area contributed by atoms with Crippen LogP contribution in [0.1, 0.15) is 24.1 Å². The Labute approximate surface area is 121 Å². The molecule has 4 heteroatoms. The van der Waals surface area contributed by atoms with Gasteiger partial charge in [0, 0.05) is 17.1 Å². The van der Waals surface area contributed by atoms with Crippen molar-refractivity contribution in [2.24, 2.45) is 0 Å². The maximum Gasteiger partial charge on any atom is 0.157 e. The summed E-state index contributed by atoms with van der Waals surface area (Å²) in [4.78, 5) is 0. The van der Waals surface area contributed by atoms with Gasteiger partial charge in [0.25, 0.3) is 0 Å². The molecule has 0 radical (unpaired) electrons. The molecule has 0 aliphatic carbocycles. The summed E-state index contributed by atoms with van der Waals surface area (Å²) in [6, 6.07) is 13.2. The zero-order chi connectivity index (χ0) is 13.8. The smallest absolute Gasteiger partial charge is 0.157 e. The van der Waals surface area contributed by atoms with Crippen molar-refractivity contribution >= 4 is 15.9 Å². The topological polar surface area (TPSA) is 52.5 Å². The van der Waals surface area contributed by atoms with Crippen molar-refractivity contribution in [1.29, 1.82) is 0 Å². The van der Waals surface area contributed by atoms with Crippen LogP contribution in [0.25, 0.3) is 0 Å². The molecule has 3 N–H and O–H groups in total. The first-order valence-corrected chi connectivity index (χ1v) is 6.85. The van der Waals surface area contributed by atoms with Gasteiger partial charge >= 0.3 is 0 Å². The molecule has 19 heavy (non-hydrogen) atoms. The van der Waals surface area contributed by atoms with Crippen molar-refractivity contribution in [3.63, 3.8) is 0 Å². The SMILES string of the molecule is C[C@@H](NCc1ccc(O)c(O)c1)c1ccc(Br)cc1. The summed E-state index contributed by atoms with van der Waals surface area (Å²) in [5.74, 6) is -0.180. The predicted octanol–water partition coefficient (Wildman–Crippen LogP) is 3.71. The maximum absolute atomic E-state index is 9.43. The summed E-state index contributed by atoms with van der Waals surface area (Å²) in [6.45, 7) is 2.72. The van der Waals surface area contributed by atoms with E-state index in [-0.39, 0.29) is 17.5 Å². The minimum absolute atomic E-state index is 0.0874. The number of aromatic hydroxyl groups is 2. The van der Waals surface area contributed by atoms with Gasteiger partial charge < -0.3 is 15.5 Å². The van der Waals surface area contributed by atoms with Gasteiger partial charge in [-0.2, -0.15) is 0 Å². The third-order valence-electron chi connectivity index (χ3n) is 3.02. The van der Waals surface area contributed by atoms with Gasteiger partial charge in [-0.1, -0.05) is 34.1 Å². The van der Waals surface area contributed by atoms with Gasteiger partial charge in [-0.25, -0.2) is 0 Å². The van der Waals surface area contributed by atoms with Crippen molar-refractivity contribution < 1.29 is 10.2 Å². The molecule has 0 bridgehead atoms. The van der Waals surface area contributed by atoms with Crippen LogP contribution in [-0.2, 0) is 6.54 Å². The van der Waals surface area contributed by atoms with Crippen molar-refractivity contribution in [2.75, 3.05) is 0 Å². The van der Waals surface area contributed by atoms with Crippen molar-refractivity contribution in [1.82, 2.24) is 5.32 Å². The molecule has 2 rings (SSSR count). The molecule has 0 saturated heterocycles. The summed E-state index contributed by atoms with van der Waals surface area (Å²) >= 11 is 3.41. The van der Waals surface area contributed by atoms with Gasteiger partial charge in [0.2, 0.25) is 0 Å². The lowest BCUT2D eigenvalue weighted by Gasteiger charge is -2.14. The van der Waals surface area contributed by atoms with Crippen LogP contribution in [0.15, 0.2) is 46.9 Å². The Bertz CT molecular complexity index is 555. The van der Waals surface area contributed by atoms with Gasteiger partial charge in [-0.15, -0.1) is 0 Å². The maximum atomic E-state index is 9.43. The normalized spacial score (nSPS) is 12.3. The molecule has 0 saturated carbocycles. The second-order valence-electron chi connectivity index (χ2n) is 4.48. The zero-order valence-corrected chi connectivity index (χ0v) is 12.2. The molecule has 2 aromatic rings. The van der Waals surface area contributed by atoms with E-state index in [0.29, 0.717) is 6.54 Å². The second-order valence-corrected chi connectivity index (χ2v) is 5.39. The highest BCUT2D eigenvalue weighted by atomic mass is 79.9. The van der Waals surface area contributed by atoms with E-state index in [1.165, 1.54) is 11.6 Å².